The third-order valence-electron chi connectivity index (χ3n) is 12.5. The van der Waals surface area contributed by atoms with Crippen LogP contribution in [0.5, 0.6) is 0 Å². The number of para-hydroxylation sites is 3. The van der Waals surface area contributed by atoms with Crippen LogP contribution in [-0.2, 0) is 0 Å². The summed E-state index contributed by atoms with van der Waals surface area (Å²) in [6.45, 7) is 0. The average Bonchev–Trinajstić information content (AvgIpc) is 4.01. The molecule has 0 aliphatic carbocycles. The zero-order chi connectivity index (χ0) is 41.4. The summed E-state index contributed by atoms with van der Waals surface area (Å²) in [6.07, 6.45) is 0. The number of thiophene rings is 1. The Kier molecular flexibility index (Phi) is 8.05. The van der Waals surface area contributed by atoms with Gasteiger partial charge in [-0.2, -0.15) is 0 Å². The van der Waals surface area contributed by atoms with Gasteiger partial charge in [-0.1, -0.05) is 164 Å². The second kappa shape index (κ2) is 14.2. The Hall–Kier alpha value is -8.12. The van der Waals surface area contributed by atoms with Crippen LogP contribution >= 0.6 is 11.3 Å². The van der Waals surface area contributed by atoms with Crippen molar-refractivity contribution in [3.8, 4) is 56.3 Å². The monoisotopic (exact) mass is 820 g/mol. The summed E-state index contributed by atoms with van der Waals surface area (Å²) in [7, 11) is 0. The molecule has 13 rings (SSSR count). The van der Waals surface area contributed by atoms with Gasteiger partial charge in [0.2, 0.25) is 0 Å². The zero-order valence-electron chi connectivity index (χ0n) is 34.0. The highest BCUT2D eigenvalue weighted by atomic mass is 32.1. The van der Waals surface area contributed by atoms with Crippen molar-refractivity contribution in [1.29, 1.82) is 0 Å². The van der Waals surface area contributed by atoms with Crippen LogP contribution in [0.2, 0.25) is 0 Å². The van der Waals surface area contributed by atoms with Gasteiger partial charge in [-0.15, -0.1) is 11.3 Å². The molecule has 294 valence electrons. The van der Waals surface area contributed by atoms with Gasteiger partial charge in [0.1, 0.15) is 0 Å². The van der Waals surface area contributed by atoms with E-state index in [1.807, 2.05) is 6.07 Å². The number of rotatable bonds is 6. The topological polar surface area (TPSA) is 35.6 Å². The number of fused-ring (bicyclic) bond motifs is 9. The number of hydrogen-bond donors (Lipinski definition) is 0. The number of benzene rings is 9. The minimum absolute atomic E-state index is 0.717. The van der Waals surface area contributed by atoms with Crippen molar-refractivity contribution >= 4 is 75.3 Å². The Balaban J connectivity index is 1.18. The van der Waals surface area contributed by atoms with E-state index in [1.54, 1.807) is 11.3 Å². The molecule has 0 amide bonds. The summed E-state index contributed by atoms with van der Waals surface area (Å²) >= 11 is 1.77. The smallest absolute Gasteiger partial charge is 0.160 e. The first-order valence-electron chi connectivity index (χ1n) is 21.3. The van der Waals surface area contributed by atoms with Gasteiger partial charge in [-0.05, 0) is 65.7 Å². The summed E-state index contributed by atoms with van der Waals surface area (Å²) in [6, 6.07) is 78.7. The largest absolute Gasteiger partial charge is 0.309 e. The van der Waals surface area contributed by atoms with Gasteiger partial charge in [0.05, 0.1) is 43.7 Å². The van der Waals surface area contributed by atoms with Crippen LogP contribution in [0.25, 0.3) is 120 Å². The molecule has 0 radical (unpaired) electrons. The van der Waals surface area contributed by atoms with E-state index in [4.69, 9.17) is 9.97 Å². The van der Waals surface area contributed by atoms with Crippen LogP contribution < -0.4 is 0 Å². The second-order valence-corrected chi connectivity index (χ2v) is 17.2. The van der Waals surface area contributed by atoms with E-state index in [2.05, 4.69) is 221 Å². The third-order valence-corrected chi connectivity index (χ3v) is 13.7. The first-order chi connectivity index (χ1) is 31.3. The Morgan fingerprint density at radius 3 is 1.43 bits per heavy atom. The molecular formula is C58H36N4S. The highest BCUT2D eigenvalue weighted by Gasteiger charge is 2.25. The van der Waals surface area contributed by atoms with Crippen LogP contribution in [0.15, 0.2) is 218 Å². The van der Waals surface area contributed by atoms with Crippen LogP contribution in [0.3, 0.4) is 0 Å². The normalized spacial score (nSPS) is 11.8. The minimum Gasteiger partial charge on any atom is -0.309 e. The van der Waals surface area contributed by atoms with E-state index in [-0.39, 0.29) is 0 Å². The van der Waals surface area contributed by atoms with Crippen molar-refractivity contribution in [2.24, 2.45) is 0 Å². The summed E-state index contributed by atoms with van der Waals surface area (Å²) in [4.78, 5) is 10.7. The standard InChI is InChI=1S/C58H36N4S/c1-5-19-37(20-6-1)45-33-40(54-57-55(44-29-15-18-32-53(44)63-57)60-58(59-54)39-23-9-3-10-24-39)34-46(38-21-7-2-8-22-38)56(45)62-50-31-17-14-28-43(50)48-35-51-47(36-52(48)62)42-27-13-16-30-49(42)61(51)41-25-11-4-12-26-41/h1-36H. The maximum atomic E-state index is 5.48. The maximum absolute atomic E-state index is 5.48. The summed E-state index contributed by atoms with van der Waals surface area (Å²) < 4.78 is 7.21. The predicted molar refractivity (Wildman–Crippen MR) is 265 cm³/mol. The molecule has 0 saturated heterocycles. The lowest BCUT2D eigenvalue weighted by atomic mass is 9.91. The van der Waals surface area contributed by atoms with Crippen molar-refractivity contribution in [2.45, 2.75) is 0 Å². The van der Waals surface area contributed by atoms with Gasteiger partial charge in [-0.3, -0.25) is 0 Å². The summed E-state index contributed by atoms with van der Waals surface area (Å²) in [5, 5.41) is 5.99. The Labute approximate surface area is 367 Å². The first kappa shape index (κ1) is 35.6. The van der Waals surface area contributed by atoms with E-state index in [0.717, 1.165) is 77.1 Å². The van der Waals surface area contributed by atoms with Crippen molar-refractivity contribution in [3.05, 3.63) is 218 Å². The molecule has 13 aromatic rings. The molecule has 0 saturated carbocycles. The Morgan fingerprint density at radius 2 is 0.825 bits per heavy atom. The Bertz CT molecular complexity index is 3820. The van der Waals surface area contributed by atoms with Gasteiger partial charge in [0, 0.05) is 59.6 Å². The molecule has 63 heavy (non-hydrogen) atoms. The van der Waals surface area contributed by atoms with Gasteiger partial charge in [0.25, 0.3) is 0 Å². The fourth-order valence-electron chi connectivity index (χ4n) is 9.72. The van der Waals surface area contributed by atoms with Crippen molar-refractivity contribution in [2.75, 3.05) is 0 Å². The van der Waals surface area contributed by atoms with Crippen LogP contribution in [0.1, 0.15) is 0 Å². The van der Waals surface area contributed by atoms with E-state index in [1.165, 1.54) is 37.3 Å². The van der Waals surface area contributed by atoms with E-state index < -0.39 is 0 Å². The van der Waals surface area contributed by atoms with Crippen molar-refractivity contribution < 1.29 is 0 Å². The van der Waals surface area contributed by atoms with Gasteiger partial charge < -0.3 is 9.13 Å². The summed E-state index contributed by atoms with van der Waals surface area (Å²) in [5.41, 5.74) is 15.4. The first-order valence-corrected chi connectivity index (χ1v) is 22.1. The molecule has 0 spiro atoms. The van der Waals surface area contributed by atoms with Crippen LogP contribution in [0, 0.1) is 0 Å². The maximum Gasteiger partial charge on any atom is 0.160 e. The molecule has 0 aliphatic heterocycles. The van der Waals surface area contributed by atoms with E-state index >= 15 is 0 Å². The molecule has 0 unspecified atom stereocenters. The summed E-state index contributed by atoms with van der Waals surface area (Å²) in [5.74, 6) is 0.717. The minimum atomic E-state index is 0.717. The quantitative estimate of drug-likeness (QED) is 0.167. The number of nitrogens with zero attached hydrogens (tertiary/aromatic N) is 4. The molecule has 0 fully saturated rings. The van der Waals surface area contributed by atoms with Crippen molar-refractivity contribution in [1.82, 2.24) is 19.1 Å². The number of hydrogen-bond acceptors (Lipinski definition) is 3. The average molecular weight is 821 g/mol. The predicted octanol–water partition coefficient (Wildman–Crippen LogP) is 15.7. The molecular weight excluding hydrogens is 785 g/mol. The highest BCUT2D eigenvalue weighted by molar-refractivity contribution is 7.26. The molecule has 0 aliphatic rings. The van der Waals surface area contributed by atoms with Crippen LogP contribution in [0.4, 0.5) is 0 Å². The van der Waals surface area contributed by atoms with E-state index in [0.29, 0.717) is 5.82 Å². The van der Waals surface area contributed by atoms with Gasteiger partial charge in [0.15, 0.2) is 5.82 Å². The van der Waals surface area contributed by atoms with Crippen molar-refractivity contribution in [3.63, 3.8) is 0 Å². The fourth-order valence-corrected chi connectivity index (χ4v) is 10.9. The van der Waals surface area contributed by atoms with Crippen LogP contribution in [-0.4, -0.2) is 19.1 Å². The Morgan fingerprint density at radius 1 is 0.349 bits per heavy atom. The fraction of sp³-hybridized carbons (Fsp3) is 0. The molecule has 4 aromatic heterocycles. The second-order valence-electron chi connectivity index (χ2n) is 16.1. The molecule has 0 bridgehead atoms. The lowest BCUT2D eigenvalue weighted by Crippen LogP contribution is -2.02. The van der Waals surface area contributed by atoms with Gasteiger partial charge >= 0.3 is 0 Å². The molecule has 4 heterocycles. The van der Waals surface area contributed by atoms with Gasteiger partial charge in [-0.25, -0.2) is 9.97 Å². The highest BCUT2D eigenvalue weighted by Crippen LogP contribution is 2.47. The molecule has 0 N–H and O–H groups in total. The molecule has 5 heteroatoms. The van der Waals surface area contributed by atoms with E-state index in [9.17, 15) is 0 Å². The number of aromatic nitrogens is 4. The lowest BCUT2D eigenvalue weighted by molar-refractivity contribution is 1.17. The molecule has 9 aromatic carbocycles. The lowest BCUT2D eigenvalue weighted by Gasteiger charge is -2.21. The SMILES string of the molecule is c1ccc(-c2nc(-c3cc(-c4ccccc4)c(-n4c5ccccc5c5cc6c(cc54)c4ccccc4n6-c4ccccc4)c(-c4ccccc4)c3)c3sc4ccccc4c3n2)cc1. The molecule has 0 atom stereocenters. The third kappa shape index (κ3) is 5.60. The molecule has 4 nitrogen and oxygen atoms in total. The zero-order valence-corrected chi connectivity index (χ0v) is 34.8.